The highest BCUT2D eigenvalue weighted by Gasteiger charge is 2.57. The number of hydrogen-bond acceptors (Lipinski definition) is 3. The van der Waals surface area contributed by atoms with Crippen LogP contribution in [0.5, 0.6) is 0 Å². The molecule has 1 aliphatic carbocycles. The molecule has 0 radical (unpaired) electrons. The van der Waals surface area contributed by atoms with Gasteiger partial charge < -0.3 is 14.9 Å². The van der Waals surface area contributed by atoms with Crippen molar-refractivity contribution in [1.29, 1.82) is 0 Å². The zero-order valence-corrected chi connectivity index (χ0v) is 22.0. The van der Waals surface area contributed by atoms with Gasteiger partial charge in [0.15, 0.2) is 0 Å². The Morgan fingerprint density at radius 2 is 1.70 bits per heavy atom. The number of benzene rings is 2. The third-order valence-corrected chi connectivity index (χ3v) is 9.21. The molecule has 2 fully saturated rings. The predicted octanol–water partition coefficient (Wildman–Crippen LogP) is 5.99. The van der Waals surface area contributed by atoms with Gasteiger partial charge in [0.25, 0.3) is 0 Å². The maximum absolute atomic E-state index is 15.1. The first-order valence-corrected chi connectivity index (χ1v) is 13.4. The summed E-state index contributed by atoms with van der Waals surface area (Å²) < 4.78 is 94.6. The Morgan fingerprint density at radius 1 is 1.05 bits per heavy atom. The Labute approximate surface area is 234 Å². The molecule has 0 bridgehead atoms. The van der Waals surface area contributed by atoms with Gasteiger partial charge >= 0.3 is 12.1 Å². The number of carbonyl (C=O) groups is 2. The summed E-state index contributed by atoms with van der Waals surface area (Å²) in [7, 11) is 0. The lowest BCUT2D eigenvalue weighted by Gasteiger charge is -2.48. The van der Waals surface area contributed by atoms with E-state index >= 15 is 4.39 Å². The van der Waals surface area contributed by atoms with Gasteiger partial charge in [-0.25, -0.2) is 8.78 Å². The number of likely N-dealkylation sites (tertiary alicyclic amines) is 1. The number of likely N-dealkylation sites (N-methyl/N-ethyl adjacent to an activating group) is 1. The molecule has 2 aromatic rings. The van der Waals surface area contributed by atoms with Gasteiger partial charge in [-0.15, -0.1) is 0 Å². The topological polar surface area (TPSA) is 60.9 Å². The molecule has 2 aromatic carbocycles. The summed E-state index contributed by atoms with van der Waals surface area (Å²) in [5.41, 5.74) is -4.41. The molecule has 5 rings (SSSR count). The highest BCUT2D eigenvalue weighted by molar-refractivity contribution is 5.81. The molecular formula is C30H33F5N2O3. The Morgan fingerprint density at radius 3 is 2.30 bits per heavy atom. The lowest BCUT2D eigenvalue weighted by atomic mass is 9.66. The second-order valence-corrected chi connectivity index (χ2v) is 11.5. The van der Waals surface area contributed by atoms with Crippen molar-refractivity contribution in [2.75, 3.05) is 25.0 Å². The van der Waals surface area contributed by atoms with Crippen LogP contribution < -0.4 is 4.90 Å². The molecule has 0 aromatic heterocycles. The Balaban J connectivity index is 1.61. The maximum atomic E-state index is 15.1. The van der Waals surface area contributed by atoms with Crippen LogP contribution in [-0.2, 0) is 27.1 Å². The summed E-state index contributed by atoms with van der Waals surface area (Å²) >= 11 is 0. The summed E-state index contributed by atoms with van der Waals surface area (Å²) in [5, 5.41) is 9.37. The first kappa shape index (κ1) is 24.6. The number of alkyl halides is 4. The van der Waals surface area contributed by atoms with Crippen molar-refractivity contribution in [3.63, 3.8) is 0 Å². The molecule has 1 saturated carbocycles. The maximum Gasteiger partial charge on any atom is 0.426 e. The van der Waals surface area contributed by atoms with Crippen molar-refractivity contribution in [3.8, 4) is 0 Å². The summed E-state index contributed by atoms with van der Waals surface area (Å²) in [6.07, 6.45) is -3.22. The lowest BCUT2D eigenvalue weighted by molar-refractivity contribution is -0.228. The van der Waals surface area contributed by atoms with Gasteiger partial charge in [0.2, 0.25) is 11.6 Å². The van der Waals surface area contributed by atoms with Gasteiger partial charge in [-0.1, -0.05) is 24.3 Å². The van der Waals surface area contributed by atoms with Crippen molar-refractivity contribution in [1.82, 2.24) is 4.90 Å². The van der Waals surface area contributed by atoms with Gasteiger partial charge in [0.05, 0.1) is 12.0 Å². The second-order valence-electron chi connectivity index (χ2n) is 11.5. The Bertz CT molecular complexity index is 1390. The molecule has 10 heteroatoms. The Hall–Kier alpha value is -3.17. The molecule has 5 nitrogen and oxygen atoms in total. The first-order valence-electron chi connectivity index (χ1n) is 14.9. The zero-order valence-electron chi connectivity index (χ0n) is 25.0. The summed E-state index contributed by atoms with van der Waals surface area (Å²) in [6.45, 7) is -2.43. The average Bonchev–Trinajstić information content (AvgIpc) is 3.31. The summed E-state index contributed by atoms with van der Waals surface area (Å²) in [5.74, 6) is -2.55. The molecule has 0 spiro atoms. The molecule has 2 aliphatic heterocycles. The number of halogens is 5. The van der Waals surface area contributed by atoms with E-state index in [0.29, 0.717) is 50.2 Å². The second kappa shape index (κ2) is 10.0. The standard InChI is InChI=1S/C30H33F5N2O3/c1-28(32,30(33,34)35)21-9-12-23-24(15-21)36(2)17-25-29(23,16-18-3-10-22(31)11-4-18)13-14-37(25)26(38)19-5-7-20(8-6-19)27(39)40/h3-4,9-12,15,19-20,25H,5-8,13-14,16-17H2,1-2H3,(H,39,40)/t19-,20-,25?,28?,29?/i2D3. The van der Waals surface area contributed by atoms with Crippen LogP contribution in [0.4, 0.5) is 27.6 Å². The SMILES string of the molecule is [2H]C([2H])([2H])N1CC2N(C(=O)[C@H]3CC[C@H](C(=O)O)CC3)CCC2(Cc2ccc(F)cc2)c2ccc(C(C)(F)C(F)(F)F)cc21. The largest absolute Gasteiger partial charge is 0.481 e. The summed E-state index contributed by atoms with van der Waals surface area (Å²) in [6, 6.07) is 8.32. The van der Waals surface area contributed by atoms with E-state index in [9.17, 15) is 32.3 Å². The number of rotatable bonds is 5. The van der Waals surface area contributed by atoms with Crippen molar-refractivity contribution < 1.29 is 40.8 Å². The van der Waals surface area contributed by atoms with Crippen LogP contribution >= 0.6 is 0 Å². The van der Waals surface area contributed by atoms with Crippen molar-refractivity contribution in [2.24, 2.45) is 11.8 Å². The van der Waals surface area contributed by atoms with Gasteiger partial charge in [0, 0.05) is 46.8 Å². The van der Waals surface area contributed by atoms with Crippen LogP contribution in [-0.4, -0.2) is 54.2 Å². The lowest BCUT2D eigenvalue weighted by Crippen LogP contribution is -2.56. The predicted molar refractivity (Wildman–Crippen MR) is 139 cm³/mol. The van der Waals surface area contributed by atoms with Crippen LogP contribution in [0.3, 0.4) is 0 Å². The van der Waals surface area contributed by atoms with E-state index in [1.54, 1.807) is 17.0 Å². The Kier molecular flexibility index (Phi) is 6.17. The van der Waals surface area contributed by atoms with Gasteiger partial charge in [-0.2, -0.15) is 13.2 Å². The molecule has 216 valence electrons. The normalized spacial score (nSPS) is 29.4. The number of carboxylic acids is 1. The smallest absolute Gasteiger partial charge is 0.426 e. The van der Waals surface area contributed by atoms with E-state index in [4.69, 9.17) is 4.11 Å². The van der Waals surface area contributed by atoms with Crippen LogP contribution in [0.1, 0.15) is 59.8 Å². The fourth-order valence-corrected chi connectivity index (χ4v) is 6.78. The van der Waals surface area contributed by atoms with Crippen molar-refractivity contribution in [3.05, 3.63) is 65.0 Å². The number of carboxylic acid groups (broad SMARTS) is 1. The minimum absolute atomic E-state index is 0.0553. The van der Waals surface area contributed by atoms with Crippen LogP contribution in [0.2, 0.25) is 0 Å². The highest BCUT2D eigenvalue weighted by Crippen LogP contribution is 2.52. The van der Waals surface area contributed by atoms with E-state index in [-0.39, 0.29) is 31.1 Å². The van der Waals surface area contributed by atoms with Crippen LogP contribution in [0, 0.1) is 17.7 Å². The molecule has 3 aliphatic rings. The third-order valence-electron chi connectivity index (χ3n) is 9.21. The number of fused-ring (bicyclic) bond motifs is 3. The van der Waals surface area contributed by atoms with Crippen molar-refractivity contribution >= 4 is 17.6 Å². The number of nitrogens with zero attached hydrogens (tertiary/aromatic N) is 2. The molecule has 3 unspecified atom stereocenters. The summed E-state index contributed by atoms with van der Waals surface area (Å²) in [4.78, 5) is 28.0. The number of aliphatic carboxylic acids is 1. The minimum Gasteiger partial charge on any atom is -0.481 e. The first-order chi connectivity index (χ1) is 20.0. The number of anilines is 1. The molecule has 1 saturated heterocycles. The number of hydrogen-bond donors (Lipinski definition) is 1. The molecule has 1 amide bonds. The van der Waals surface area contributed by atoms with Gasteiger partial charge in [0.1, 0.15) is 5.82 Å². The van der Waals surface area contributed by atoms with E-state index in [0.717, 1.165) is 17.0 Å². The van der Waals surface area contributed by atoms with E-state index in [1.165, 1.54) is 18.2 Å². The van der Waals surface area contributed by atoms with E-state index < -0.39 is 59.5 Å². The third kappa shape index (κ3) is 4.73. The molecular weight excluding hydrogens is 531 g/mol. The highest BCUT2D eigenvalue weighted by atomic mass is 19.4. The molecule has 3 atom stereocenters. The van der Waals surface area contributed by atoms with E-state index in [2.05, 4.69) is 0 Å². The van der Waals surface area contributed by atoms with Crippen LogP contribution in [0.25, 0.3) is 0 Å². The monoisotopic (exact) mass is 567 g/mol. The number of amides is 1. The van der Waals surface area contributed by atoms with Crippen LogP contribution in [0.15, 0.2) is 42.5 Å². The average molecular weight is 568 g/mol. The zero-order chi connectivity index (χ0) is 31.5. The van der Waals surface area contributed by atoms with Crippen molar-refractivity contribution in [2.45, 2.75) is 68.8 Å². The molecule has 2 heterocycles. The van der Waals surface area contributed by atoms with Gasteiger partial charge in [-0.05, 0) is 74.8 Å². The van der Waals surface area contributed by atoms with Gasteiger partial charge in [-0.3, -0.25) is 9.59 Å². The fraction of sp³-hybridized carbons (Fsp3) is 0.533. The van der Waals surface area contributed by atoms with E-state index in [1.807, 2.05) is 0 Å². The minimum atomic E-state index is -5.24. The molecule has 1 N–H and O–H groups in total. The molecule has 40 heavy (non-hydrogen) atoms. The quantitative estimate of drug-likeness (QED) is 0.451. The number of carbonyl (C=O) groups excluding carboxylic acids is 1. The fourth-order valence-electron chi connectivity index (χ4n) is 6.78.